The minimum atomic E-state index is -0.847. The van der Waals surface area contributed by atoms with Gasteiger partial charge in [-0.15, -0.1) is 11.8 Å². The van der Waals surface area contributed by atoms with E-state index in [9.17, 15) is 9.59 Å². The molecule has 21 heavy (non-hydrogen) atoms. The van der Waals surface area contributed by atoms with Crippen LogP contribution in [0.15, 0.2) is 29.2 Å². The summed E-state index contributed by atoms with van der Waals surface area (Å²) in [6.45, 7) is 4.36. The third-order valence-electron chi connectivity index (χ3n) is 2.75. The Bertz CT molecular complexity index is 462. The maximum atomic E-state index is 11.6. The number of carbonyl (C=O) groups is 2. The van der Waals surface area contributed by atoms with Crippen LogP contribution in [0.25, 0.3) is 0 Å². The zero-order valence-corrected chi connectivity index (χ0v) is 13.2. The quantitative estimate of drug-likeness (QED) is 0.509. The van der Waals surface area contributed by atoms with Gasteiger partial charge in [-0.05, 0) is 32.4 Å². The van der Waals surface area contributed by atoms with Gasteiger partial charge in [-0.25, -0.2) is 4.79 Å². The van der Waals surface area contributed by atoms with Crippen molar-refractivity contribution in [3.63, 3.8) is 0 Å². The Balaban J connectivity index is 2.17. The minimum absolute atomic E-state index is 0.0378. The van der Waals surface area contributed by atoms with Gasteiger partial charge in [0.2, 0.25) is 0 Å². The highest BCUT2D eigenvalue weighted by atomic mass is 32.2. The molecule has 0 radical (unpaired) electrons. The van der Waals surface area contributed by atoms with Crippen LogP contribution in [0.5, 0.6) is 0 Å². The molecule has 0 saturated heterocycles. The van der Waals surface area contributed by atoms with Crippen LogP contribution >= 0.6 is 11.8 Å². The number of carboxylic acid groups (broad SMARTS) is 1. The lowest BCUT2D eigenvalue weighted by Gasteiger charge is -2.14. The highest BCUT2D eigenvalue weighted by Gasteiger charge is 2.07. The highest BCUT2D eigenvalue weighted by molar-refractivity contribution is 7.99. The second-order valence-corrected chi connectivity index (χ2v) is 6.02. The van der Waals surface area contributed by atoms with Crippen LogP contribution < -0.4 is 10.6 Å². The number of carboxylic acids is 1. The molecule has 0 spiro atoms. The molecular weight excluding hydrogens is 288 g/mol. The second-order valence-electron chi connectivity index (χ2n) is 4.92. The smallest absolute Gasteiger partial charge is 0.315 e. The molecular formula is C15H22N2O3S. The van der Waals surface area contributed by atoms with E-state index in [1.54, 1.807) is 11.8 Å². The molecule has 2 amide bonds. The number of nitrogens with one attached hydrogen (secondary N) is 2. The van der Waals surface area contributed by atoms with Crippen molar-refractivity contribution in [2.24, 2.45) is 0 Å². The van der Waals surface area contributed by atoms with Crippen LogP contribution in [0.2, 0.25) is 0 Å². The van der Waals surface area contributed by atoms with Crippen molar-refractivity contribution in [1.29, 1.82) is 0 Å². The van der Waals surface area contributed by atoms with Gasteiger partial charge >= 0.3 is 12.0 Å². The van der Waals surface area contributed by atoms with E-state index in [1.165, 1.54) is 10.5 Å². The summed E-state index contributed by atoms with van der Waals surface area (Å²) in [6, 6.07) is 8.05. The molecule has 0 heterocycles. The third-order valence-corrected chi connectivity index (χ3v) is 4.02. The first kappa shape index (κ1) is 17.4. The lowest BCUT2D eigenvalue weighted by atomic mass is 10.2. The Morgan fingerprint density at radius 2 is 1.95 bits per heavy atom. The maximum absolute atomic E-state index is 11.6. The van der Waals surface area contributed by atoms with Crippen LogP contribution in [0.1, 0.15) is 25.3 Å². The van der Waals surface area contributed by atoms with E-state index in [1.807, 2.05) is 13.8 Å². The molecule has 1 atom stereocenters. The first-order valence-corrected chi connectivity index (χ1v) is 7.91. The summed E-state index contributed by atoms with van der Waals surface area (Å²) in [4.78, 5) is 23.1. The molecule has 6 heteroatoms. The standard InChI is InChI=1S/C15H22N2O3S/c1-11-5-7-13(8-6-11)21-10-12(2)17-15(20)16-9-3-4-14(18)19/h5-8,12H,3-4,9-10H2,1-2H3,(H,18,19)(H2,16,17,20). The van der Waals surface area contributed by atoms with Crippen molar-refractivity contribution < 1.29 is 14.7 Å². The Hall–Kier alpha value is -1.69. The molecule has 1 aromatic rings. The molecule has 0 fully saturated rings. The van der Waals surface area contributed by atoms with Crippen molar-refractivity contribution in [2.75, 3.05) is 12.3 Å². The number of urea groups is 1. The topological polar surface area (TPSA) is 78.4 Å². The summed E-state index contributed by atoms with van der Waals surface area (Å²) in [5, 5.41) is 14.0. The predicted octanol–water partition coefficient (Wildman–Crippen LogP) is 2.64. The highest BCUT2D eigenvalue weighted by Crippen LogP contribution is 2.18. The number of rotatable bonds is 8. The van der Waals surface area contributed by atoms with Gasteiger partial charge in [0, 0.05) is 29.7 Å². The number of hydrogen-bond acceptors (Lipinski definition) is 3. The Morgan fingerprint density at radius 1 is 1.29 bits per heavy atom. The average molecular weight is 310 g/mol. The monoisotopic (exact) mass is 310 g/mol. The average Bonchev–Trinajstić information content (AvgIpc) is 2.43. The molecule has 0 bridgehead atoms. The fourth-order valence-electron chi connectivity index (χ4n) is 1.61. The van der Waals surface area contributed by atoms with Gasteiger partial charge in [-0.1, -0.05) is 17.7 Å². The zero-order chi connectivity index (χ0) is 15.7. The van der Waals surface area contributed by atoms with E-state index in [-0.39, 0.29) is 18.5 Å². The molecule has 0 saturated carbocycles. The first-order valence-electron chi connectivity index (χ1n) is 6.93. The molecule has 116 valence electrons. The van der Waals surface area contributed by atoms with Crippen LogP contribution in [0.4, 0.5) is 4.79 Å². The van der Waals surface area contributed by atoms with Gasteiger partial charge in [0.1, 0.15) is 0 Å². The number of thioether (sulfide) groups is 1. The summed E-state index contributed by atoms with van der Waals surface area (Å²) in [6.07, 6.45) is 0.508. The van der Waals surface area contributed by atoms with E-state index < -0.39 is 5.97 Å². The van der Waals surface area contributed by atoms with E-state index in [0.29, 0.717) is 13.0 Å². The zero-order valence-electron chi connectivity index (χ0n) is 12.4. The Morgan fingerprint density at radius 3 is 2.57 bits per heavy atom. The number of aryl methyl sites for hydroxylation is 1. The first-order chi connectivity index (χ1) is 9.97. The van der Waals surface area contributed by atoms with Gasteiger partial charge in [-0.3, -0.25) is 4.79 Å². The van der Waals surface area contributed by atoms with E-state index >= 15 is 0 Å². The fourth-order valence-corrected chi connectivity index (χ4v) is 2.47. The summed E-state index contributed by atoms with van der Waals surface area (Å²) < 4.78 is 0. The molecule has 0 aliphatic heterocycles. The van der Waals surface area contributed by atoms with Crippen LogP contribution in [0, 0.1) is 6.92 Å². The summed E-state index contributed by atoms with van der Waals surface area (Å²) >= 11 is 1.69. The second kappa shape index (κ2) is 9.28. The minimum Gasteiger partial charge on any atom is -0.481 e. The van der Waals surface area contributed by atoms with E-state index in [0.717, 1.165) is 5.75 Å². The largest absolute Gasteiger partial charge is 0.481 e. The number of amides is 2. The summed E-state index contributed by atoms with van der Waals surface area (Å²) in [7, 11) is 0. The normalized spacial score (nSPS) is 11.7. The lowest BCUT2D eigenvalue weighted by Crippen LogP contribution is -2.42. The Labute approximate surface area is 129 Å². The number of carbonyl (C=O) groups excluding carboxylic acids is 1. The van der Waals surface area contributed by atoms with Crippen molar-refractivity contribution >= 4 is 23.8 Å². The third kappa shape index (κ3) is 8.24. The van der Waals surface area contributed by atoms with Crippen LogP contribution in [-0.4, -0.2) is 35.4 Å². The van der Waals surface area contributed by atoms with Crippen molar-refractivity contribution in [3.8, 4) is 0 Å². The van der Waals surface area contributed by atoms with Crippen molar-refractivity contribution in [1.82, 2.24) is 10.6 Å². The number of benzene rings is 1. The van der Waals surface area contributed by atoms with Gasteiger partial charge in [0.25, 0.3) is 0 Å². The van der Waals surface area contributed by atoms with Crippen LogP contribution in [-0.2, 0) is 4.79 Å². The molecule has 1 rings (SSSR count). The fraction of sp³-hybridized carbons (Fsp3) is 0.467. The molecule has 5 nitrogen and oxygen atoms in total. The number of hydrogen-bond donors (Lipinski definition) is 3. The maximum Gasteiger partial charge on any atom is 0.315 e. The SMILES string of the molecule is Cc1ccc(SCC(C)NC(=O)NCCCC(=O)O)cc1. The van der Waals surface area contributed by atoms with Crippen molar-refractivity contribution in [3.05, 3.63) is 29.8 Å². The molecule has 0 aliphatic carbocycles. The molecule has 1 unspecified atom stereocenters. The van der Waals surface area contributed by atoms with Crippen molar-refractivity contribution in [2.45, 2.75) is 37.6 Å². The van der Waals surface area contributed by atoms with Gasteiger partial charge < -0.3 is 15.7 Å². The van der Waals surface area contributed by atoms with Gasteiger partial charge in [-0.2, -0.15) is 0 Å². The Kier molecular flexibility index (Phi) is 7.68. The predicted molar refractivity (Wildman–Crippen MR) is 84.8 cm³/mol. The van der Waals surface area contributed by atoms with E-state index in [4.69, 9.17) is 5.11 Å². The molecule has 0 aromatic heterocycles. The van der Waals surface area contributed by atoms with Crippen LogP contribution in [0.3, 0.4) is 0 Å². The van der Waals surface area contributed by atoms with Gasteiger partial charge in [0.15, 0.2) is 0 Å². The lowest BCUT2D eigenvalue weighted by molar-refractivity contribution is -0.137. The number of aliphatic carboxylic acids is 1. The van der Waals surface area contributed by atoms with Gasteiger partial charge in [0.05, 0.1) is 0 Å². The molecule has 3 N–H and O–H groups in total. The summed E-state index contributed by atoms with van der Waals surface area (Å²) in [5.74, 6) is -0.0638. The van der Waals surface area contributed by atoms with E-state index in [2.05, 4.69) is 34.9 Å². The molecule has 0 aliphatic rings. The molecule has 1 aromatic carbocycles. The summed E-state index contributed by atoms with van der Waals surface area (Å²) in [5.41, 5.74) is 1.23.